The van der Waals surface area contributed by atoms with Crippen molar-refractivity contribution in [2.75, 3.05) is 6.54 Å². The van der Waals surface area contributed by atoms with Gasteiger partial charge < -0.3 is 9.73 Å². The summed E-state index contributed by atoms with van der Waals surface area (Å²) in [6, 6.07) is 2.51. The third-order valence-electron chi connectivity index (χ3n) is 3.80. The SMILES string of the molecule is Cc1nc(C)c(CNCC2(C#N)CCCCC2)o1. The Hall–Kier alpha value is -1.34. The average molecular weight is 247 g/mol. The first-order valence-corrected chi connectivity index (χ1v) is 6.70. The monoisotopic (exact) mass is 247 g/mol. The Morgan fingerprint density at radius 2 is 2.06 bits per heavy atom. The van der Waals surface area contributed by atoms with E-state index in [-0.39, 0.29) is 5.41 Å². The molecule has 1 aromatic heterocycles. The lowest BCUT2D eigenvalue weighted by atomic mass is 9.75. The van der Waals surface area contributed by atoms with E-state index in [9.17, 15) is 5.26 Å². The van der Waals surface area contributed by atoms with Gasteiger partial charge >= 0.3 is 0 Å². The lowest BCUT2D eigenvalue weighted by molar-refractivity contribution is 0.253. The Kier molecular flexibility index (Phi) is 4.03. The molecule has 1 N–H and O–H groups in total. The summed E-state index contributed by atoms with van der Waals surface area (Å²) in [6.07, 6.45) is 5.66. The molecule has 1 fully saturated rings. The number of oxazole rings is 1. The van der Waals surface area contributed by atoms with Gasteiger partial charge in [-0.3, -0.25) is 0 Å². The predicted molar refractivity (Wildman–Crippen MR) is 68.8 cm³/mol. The number of aromatic nitrogens is 1. The second-order valence-corrected chi connectivity index (χ2v) is 5.30. The van der Waals surface area contributed by atoms with Crippen LogP contribution < -0.4 is 5.32 Å². The number of nitriles is 1. The highest BCUT2D eigenvalue weighted by Crippen LogP contribution is 2.35. The second-order valence-electron chi connectivity index (χ2n) is 5.30. The lowest BCUT2D eigenvalue weighted by Gasteiger charge is -2.30. The van der Waals surface area contributed by atoms with Crippen molar-refractivity contribution in [2.24, 2.45) is 5.41 Å². The van der Waals surface area contributed by atoms with Crippen LogP contribution in [-0.2, 0) is 6.54 Å². The minimum atomic E-state index is -0.165. The van der Waals surface area contributed by atoms with Crippen LogP contribution in [0.15, 0.2) is 4.42 Å². The Morgan fingerprint density at radius 1 is 1.33 bits per heavy atom. The first-order chi connectivity index (χ1) is 8.65. The smallest absolute Gasteiger partial charge is 0.191 e. The van der Waals surface area contributed by atoms with Crippen molar-refractivity contribution < 1.29 is 4.42 Å². The summed E-state index contributed by atoms with van der Waals surface area (Å²) in [5.74, 6) is 1.59. The summed E-state index contributed by atoms with van der Waals surface area (Å²) in [5, 5.41) is 12.7. The van der Waals surface area contributed by atoms with Gasteiger partial charge in [-0.15, -0.1) is 0 Å². The Balaban J connectivity index is 1.87. The predicted octanol–water partition coefficient (Wildman–Crippen LogP) is 2.86. The Morgan fingerprint density at radius 3 is 2.61 bits per heavy atom. The lowest BCUT2D eigenvalue weighted by Crippen LogP contribution is -2.34. The second kappa shape index (κ2) is 5.53. The van der Waals surface area contributed by atoms with Crippen LogP contribution in [0.3, 0.4) is 0 Å². The molecule has 4 heteroatoms. The van der Waals surface area contributed by atoms with Crippen LogP contribution in [0.4, 0.5) is 0 Å². The van der Waals surface area contributed by atoms with Gasteiger partial charge in [0.1, 0.15) is 5.76 Å². The van der Waals surface area contributed by atoms with Crippen molar-refractivity contribution >= 4 is 0 Å². The highest BCUT2D eigenvalue weighted by atomic mass is 16.4. The number of hydrogen-bond donors (Lipinski definition) is 1. The summed E-state index contributed by atoms with van der Waals surface area (Å²) >= 11 is 0. The summed E-state index contributed by atoms with van der Waals surface area (Å²) < 4.78 is 5.51. The topological polar surface area (TPSA) is 61.9 Å². The van der Waals surface area contributed by atoms with Gasteiger partial charge in [0.05, 0.1) is 23.7 Å². The highest BCUT2D eigenvalue weighted by molar-refractivity contribution is 5.08. The van der Waals surface area contributed by atoms with E-state index in [1.165, 1.54) is 19.3 Å². The maximum Gasteiger partial charge on any atom is 0.191 e. The van der Waals surface area contributed by atoms with Crippen molar-refractivity contribution in [1.82, 2.24) is 10.3 Å². The van der Waals surface area contributed by atoms with Crippen molar-refractivity contribution in [1.29, 1.82) is 5.26 Å². The van der Waals surface area contributed by atoms with Gasteiger partial charge in [0.25, 0.3) is 0 Å². The zero-order valence-electron chi connectivity index (χ0n) is 11.3. The first kappa shape index (κ1) is 13.1. The number of hydrogen-bond acceptors (Lipinski definition) is 4. The Bertz CT molecular complexity index is 438. The first-order valence-electron chi connectivity index (χ1n) is 6.70. The molecule has 1 saturated carbocycles. The van der Waals surface area contributed by atoms with Gasteiger partial charge in [-0.1, -0.05) is 19.3 Å². The van der Waals surface area contributed by atoms with Crippen LogP contribution in [0, 0.1) is 30.6 Å². The van der Waals surface area contributed by atoms with Gasteiger partial charge in [0.15, 0.2) is 5.89 Å². The maximum atomic E-state index is 9.37. The van der Waals surface area contributed by atoms with E-state index in [0.29, 0.717) is 12.4 Å². The normalized spacial score (nSPS) is 18.5. The molecule has 0 unspecified atom stereocenters. The van der Waals surface area contributed by atoms with Crippen LogP contribution in [-0.4, -0.2) is 11.5 Å². The molecule has 98 valence electrons. The quantitative estimate of drug-likeness (QED) is 0.888. The standard InChI is InChI=1S/C14H21N3O/c1-11-13(18-12(2)17-11)8-16-10-14(9-15)6-4-3-5-7-14/h16H,3-8,10H2,1-2H3. The fraction of sp³-hybridized carbons (Fsp3) is 0.714. The molecule has 0 spiro atoms. The molecule has 0 amide bonds. The van der Waals surface area contributed by atoms with E-state index in [0.717, 1.165) is 30.8 Å². The molecule has 1 heterocycles. The zero-order chi connectivity index (χ0) is 13.0. The van der Waals surface area contributed by atoms with Crippen LogP contribution >= 0.6 is 0 Å². The van der Waals surface area contributed by atoms with E-state index in [1.54, 1.807) is 0 Å². The molecule has 1 aromatic rings. The minimum Gasteiger partial charge on any atom is -0.444 e. The van der Waals surface area contributed by atoms with E-state index >= 15 is 0 Å². The summed E-state index contributed by atoms with van der Waals surface area (Å²) in [7, 11) is 0. The molecule has 0 atom stereocenters. The molecule has 4 nitrogen and oxygen atoms in total. The zero-order valence-corrected chi connectivity index (χ0v) is 11.3. The van der Waals surface area contributed by atoms with Crippen LogP contribution in [0.1, 0.15) is 49.4 Å². The molecule has 1 aliphatic rings. The molecular weight excluding hydrogens is 226 g/mol. The molecule has 18 heavy (non-hydrogen) atoms. The third-order valence-corrected chi connectivity index (χ3v) is 3.80. The molecule has 0 bridgehead atoms. The molecule has 0 aromatic carbocycles. The van der Waals surface area contributed by atoms with Gasteiger partial charge in [-0.05, 0) is 19.8 Å². The summed E-state index contributed by atoms with van der Waals surface area (Å²) in [6.45, 7) is 5.22. The summed E-state index contributed by atoms with van der Waals surface area (Å²) in [4.78, 5) is 4.24. The fourth-order valence-electron chi connectivity index (χ4n) is 2.71. The summed E-state index contributed by atoms with van der Waals surface area (Å²) in [5.41, 5.74) is 0.774. The number of aryl methyl sites for hydroxylation is 2. The third kappa shape index (κ3) is 2.91. The fourth-order valence-corrected chi connectivity index (χ4v) is 2.71. The number of nitrogens with zero attached hydrogens (tertiary/aromatic N) is 2. The molecule has 0 radical (unpaired) electrons. The van der Waals surface area contributed by atoms with Gasteiger partial charge in [0, 0.05) is 13.5 Å². The van der Waals surface area contributed by atoms with E-state index < -0.39 is 0 Å². The van der Waals surface area contributed by atoms with Crippen molar-refractivity contribution in [2.45, 2.75) is 52.5 Å². The van der Waals surface area contributed by atoms with Crippen molar-refractivity contribution in [3.05, 3.63) is 17.3 Å². The van der Waals surface area contributed by atoms with Crippen molar-refractivity contribution in [3.8, 4) is 6.07 Å². The number of rotatable bonds is 4. The highest BCUT2D eigenvalue weighted by Gasteiger charge is 2.31. The van der Waals surface area contributed by atoms with E-state index in [2.05, 4.69) is 16.4 Å². The van der Waals surface area contributed by atoms with E-state index in [4.69, 9.17) is 4.42 Å². The maximum absolute atomic E-state index is 9.37. The van der Waals surface area contributed by atoms with Crippen LogP contribution in [0.25, 0.3) is 0 Å². The van der Waals surface area contributed by atoms with Crippen LogP contribution in [0.5, 0.6) is 0 Å². The molecule has 0 aliphatic heterocycles. The van der Waals surface area contributed by atoms with Crippen molar-refractivity contribution in [3.63, 3.8) is 0 Å². The van der Waals surface area contributed by atoms with Crippen LogP contribution in [0.2, 0.25) is 0 Å². The van der Waals surface area contributed by atoms with Gasteiger partial charge in [-0.25, -0.2) is 4.98 Å². The molecular formula is C14H21N3O. The molecule has 1 aliphatic carbocycles. The van der Waals surface area contributed by atoms with Gasteiger partial charge in [-0.2, -0.15) is 5.26 Å². The minimum absolute atomic E-state index is 0.165. The molecule has 2 rings (SSSR count). The average Bonchev–Trinajstić information content (AvgIpc) is 2.69. The van der Waals surface area contributed by atoms with Gasteiger partial charge in [0.2, 0.25) is 0 Å². The van der Waals surface area contributed by atoms with E-state index in [1.807, 2.05) is 13.8 Å². The number of nitrogens with one attached hydrogen (secondary N) is 1. The largest absolute Gasteiger partial charge is 0.444 e. The molecule has 0 saturated heterocycles. The Labute approximate surface area is 108 Å².